The van der Waals surface area contributed by atoms with Gasteiger partial charge in [-0.05, 0) is 61.1 Å². The molecule has 9 atom stereocenters. The zero-order valence-corrected chi connectivity index (χ0v) is 40.3. The summed E-state index contributed by atoms with van der Waals surface area (Å²) in [5.74, 6) is -4.72. The van der Waals surface area contributed by atoms with Crippen LogP contribution >= 0.6 is 0 Å². The third kappa shape index (κ3) is 9.61. The first-order valence-corrected chi connectivity index (χ1v) is 23.9. The molecule has 2 bridgehead atoms. The van der Waals surface area contributed by atoms with Crippen molar-refractivity contribution in [2.24, 2.45) is 10.8 Å². The maximum Gasteiger partial charge on any atom is 0.348 e. The number of hydroxylamine groups is 2. The van der Waals surface area contributed by atoms with Crippen molar-refractivity contribution in [1.82, 2.24) is 15.3 Å². The number of aliphatic hydroxyl groups is 1. The molecule has 1 saturated carbocycles. The second-order valence-electron chi connectivity index (χ2n) is 21.0. The first kappa shape index (κ1) is 49.0. The number of hydrogen-bond donors (Lipinski definition) is 2. The van der Waals surface area contributed by atoms with E-state index in [1.807, 2.05) is 60.7 Å². The molecule has 372 valence electrons. The normalized spacial score (nSPS) is 27.8. The summed E-state index contributed by atoms with van der Waals surface area (Å²) in [5, 5.41) is 14.8. The number of nitrogens with one attached hydrogen (secondary N) is 1. The zero-order valence-electron chi connectivity index (χ0n) is 40.3. The van der Waals surface area contributed by atoms with Crippen LogP contribution in [0.5, 0.6) is 0 Å². The van der Waals surface area contributed by atoms with E-state index >= 15 is 4.79 Å². The van der Waals surface area contributed by atoms with Gasteiger partial charge in [0.2, 0.25) is 17.9 Å². The van der Waals surface area contributed by atoms with Gasteiger partial charge in [0.15, 0.2) is 11.8 Å². The molecule has 70 heavy (non-hydrogen) atoms. The highest BCUT2D eigenvalue weighted by molar-refractivity contribution is 5.96. The molecule has 9 unspecified atom stereocenters. The van der Waals surface area contributed by atoms with E-state index in [2.05, 4.69) is 5.32 Å². The highest BCUT2D eigenvalue weighted by atomic mass is 16.8. The fourth-order valence-electron chi connectivity index (χ4n) is 10.9. The first-order valence-electron chi connectivity index (χ1n) is 23.9. The van der Waals surface area contributed by atoms with Gasteiger partial charge in [0.25, 0.3) is 0 Å². The van der Waals surface area contributed by atoms with Crippen LogP contribution in [0.25, 0.3) is 6.08 Å². The number of carbonyl (C=O) groups is 6. The van der Waals surface area contributed by atoms with Gasteiger partial charge in [0, 0.05) is 50.6 Å². The Bertz CT molecular complexity index is 2530. The molecule has 4 aliphatic heterocycles. The summed E-state index contributed by atoms with van der Waals surface area (Å²) in [6.45, 7) is 8.47. The topological polar surface area (TPSA) is 206 Å². The van der Waals surface area contributed by atoms with E-state index in [0.29, 0.717) is 24.0 Å². The number of fused-ring (bicyclic) bond motifs is 5. The second kappa shape index (κ2) is 19.0. The van der Waals surface area contributed by atoms with Crippen LogP contribution in [0, 0.1) is 10.8 Å². The van der Waals surface area contributed by atoms with Crippen molar-refractivity contribution in [3.05, 3.63) is 113 Å². The zero-order chi connectivity index (χ0) is 49.8. The number of cyclic esters (lactones) is 1. The van der Waals surface area contributed by atoms with Crippen molar-refractivity contribution in [3.63, 3.8) is 0 Å². The molecule has 5 fully saturated rings. The highest BCUT2D eigenvalue weighted by Gasteiger charge is 2.77. The lowest BCUT2D eigenvalue weighted by Crippen LogP contribution is -2.70. The van der Waals surface area contributed by atoms with E-state index in [1.165, 1.54) is 23.1 Å². The van der Waals surface area contributed by atoms with Crippen molar-refractivity contribution in [1.29, 1.82) is 0 Å². The summed E-state index contributed by atoms with van der Waals surface area (Å²) >= 11 is 0. The molecule has 17 nitrogen and oxygen atoms in total. The van der Waals surface area contributed by atoms with Gasteiger partial charge >= 0.3 is 23.9 Å². The minimum atomic E-state index is -1.64. The maximum absolute atomic E-state index is 15.9. The van der Waals surface area contributed by atoms with Gasteiger partial charge in [-0.3, -0.25) is 24.0 Å². The Morgan fingerprint density at radius 1 is 0.929 bits per heavy atom. The summed E-state index contributed by atoms with van der Waals surface area (Å²) in [5.41, 5.74) is 1.10. The smallest absolute Gasteiger partial charge is 0.348 e. The minimum absolute atomic E-state index is 0.00631. The van der Waals surface area contributed by atoms with Gasteiger partial charge in [0.05, 0.1) is 19.2 Å². The number of esters is 4. The average molecular weight is 964 g/mol. The van der Waals surface area contributed by atoms with Crippen LogP contribution in [0.2, 0.25) is 0 Å². The molecule has 2 N–H and O–H groups in total. The van der Waals surface area contributed by atoms with Crippen molar-refractivity contribution < 1.29 is 67.1 Å². The van der Waals surface area contributed by atoms with Crippen molar-refractivity contribution in [2.75, 3.05) is 20.3 Å². The first-order chi connectivity index (χ1) is 33.3. The summed E-state index contributed by atoms with van der Waals surface area (Å²) in [7, 11) is 1.53. The van der Waals surface area contributed by atoms with Crippen molar-refractivity contribution >= 4 is 41.8 Å². The minimum Gasteiger partial charge on any atom is -0.462 e. The monoisotopic (exact) mass is 963 g/mol. The van der Waals surface area contributed by atoms with E-state index < -0.39 is 113 Å². The number of aliphatic hydroxyl groups excluding tert-OH is 1. The molecule has 4 heterocycles. The molecule has 2 aliphatic carbocycles. The molecule has 9 rings (SSSR count). The van der Waals surface area contributed by atoms with Crippen LogP contribution < -0.4 is 5.32 Å². The molecule has 3 aromatic carbocycles. The molecule has 17 heteroatoms. The third-order valence-corrected chi connectivity index (χ3v) is 14.2. The second-order valence-corrected chi connectivity index (χ2v) is 21.0. The Morgan fingerprint density at radius 2 is 1.61 bits per heavy atom. The Balaban J connectivity index is 1.02. The van der Waals surface area contributed by atoms with Gasteiger partial charge in [-0.25, -0.2) is 9.59 Å². The van der Waals surface area contributed by atoms with E-state index in [4.69, 9.17) is 33.3 Å². The molecular weight excluding hydrogens is 903 g/mol. The van der Waals surface area contributed by atoms with Crippen molar-refractivity contribution in [3.8, 4) is 0 Å². The lowest BCUT2D eigenvalue weighted by atomic mass is 9.62. The van der Waals surface area contributed by atoms with Gasteiger partial charge in [-0.15, -0.1) is 0 Å². The summed E-state index contributed by atoms with van der Waals surface area (Å²) < 4.78 is 36.1. The Morgan fingerprint density at radius 3 is 2.29 bits per heavy atom. The van der Waals surface area contributed by atoms with E-state index in [0.717, 1.165) is 16.7 Å². The molecule has 0 aromatic heterocycles. The predicted molar refractivity (Wildman–Crippen MR) is 248 cm³/mol. The number of benzene rings is 3. The summed E-state index contributed by atoms with van der Waals surface area (Å²) in [6, 6.07) is 21.0. The fourth-order valence-corrected chi connectivity index (χ4v) is 10.9. The highest BCUT2D eigenvalue weighted by Crippen LogP contribution is 2.59. The number of hydrogen-bond acceptors (Lipinski definition) is 15. The summed E-state index contributed by atoms with van der Waals surface area (Å²) in [4.78, 5) is 91.2. The van der Waals surface area contributed by atoms with E-state index in [9.17, 15) is 29.1 Å². The fraction of sp³-hybridized carbons (Fsp3) is 0.509. The predicted octanol–water partition coefficient (Wildman–Crippen LogP) is 3.94. The van der Waals surface area contributed by atoms with Crippen LogP contribution in [0.4, 0.5) is 0 Å². The van der Waals surface area contributed by atoms with Gasteiger partial charge < -0.3 is 43.7 Å². The quantitative estimate of drug-likeness (QED) is 0.126. The number of nitrogens with zero attached hydrogens (tertiary/aromatic N) is 2. The van der Waals surface area contributed by atoms with Crippen LogP contribution in [0.15, 0.2) is 84.9 Å². The number of amides is 2. The van der Waals surface area contributed by atoms with Crippen LogP contribution in [-0.2, 0) is 87.8 Å². The SMILES string of the molecule is CN(C(=O)C12CC3OC(=O)C1N(Cc1cccc(C=CC(=O)OC4C(=O)OCC4(C)C)c1)OC2C1OC2(Cc4ccccc4C2)OC31)C(Cc1ccccc1)C(=O)NC(CO)CCC(=O)OC(C)(C)C. The lowest BCUT2D eigenvalue weighted by Gasteiger charge is -2.50. The molecule has 4 saturated heterocycles. The van der Waals surface area contributed by atoms with E-state index in [-0.39, 0.29) is 38.8 Å². The Labute approximate surface area is 406 Å². The molecular formula is C53H61N3O14. The van der Waals surface area contributed by atoms with Crippen LogP contribution in [0.3, 0.4) is 0 Å². The molecule has 3 aromatic rings. The lowest BCUT2D eigenvalue weighted by molar-refractivity contribution is -0.218. The molecule has 6 aliphatic rings. The van der Waals surface area contributed by atoms with Gasteiger partial charge in [-0.2, -0.15) is 5.06 Å². The summed E-state index contributed by atoms with van der Waals surface area (Å²) in [6.07, 6.45) is -0.916. The van der Waals surface area contributed by atoms with Crippen molar-refractivity contribution in [2.45, 2.75) is 140 Å². The number of ether oxygens (including phenoxy) is 6. The Kier molecular flexibility index (Phi) is 13.3. The molecule has 2 amide bonds. The number of likely N-dealkylation sites (N-methyl/N-ethyl adjacent to an activating group) is 1. The molecule has 1 spiro atoms. The number of rotatable bonds is 15. The molecule has 0 radical (unpaired) electrons. The maximum atomic E-state index is 15.9. The van der Waals surface area contributed by atoms with E-state index in [1.54, 1.807) is 58.9 Å². The largest absolute Gasteiger partial charge is 0.462 e. The van der Waals surface area contributed by atoms with Crippen LogP contribution in [0.1, 0.15) is 81.7 Å². The van der Waals surface area contributed by atoms with Crippen LogP contribution in [-0.4, -0.2) is 131 Å². The number of carbonyl (C=O) groups excluding carboxylic acids is 6. The van der Waals surface area contributed by atoms with Gasteiger partial charge in [0.1, 0.15) is 48.1 Å². The van der Waals surface area contributed by atoms with Gasteiger partial charge in [-0.1, -0.05) is 92.7 Å². The average Bonchev–Trinajstić information content (AvgIpc) is 4.05. The Hall–Kier alpha value is -5.98. The standard InChI is InChI=1S/C53H61N3O14/c1-50(2,3)67-40(59)22-20-36(29-57)54-46(60)37(24-31-13-8-7-9-14-31)55(6)49(63)53-27-38-41-42(69-52(68-41)25-34-17-10-11-18-35(34)26-52)44(53)70-56(43(53)47(61)65-38)28-33-16-12-15-32(23-33)19-21-39(58)66-45-48(62)64-30-51(45,4)5/h7-19,21,23,36-38,41-45,57H,20,22,24-30H2,1-6H3,(H,54,60). The third-order valence-electron chi connectivity index (χ3n) is 14.2.